The highest BCUT2D eigenvalue weighted by molar-refractivity contribution is 6.03. The maximum atomic E-state index is 13.5. The molecule has 0 saturated carbocycles. The second-order valence-electron chi connectivity index (χ2n) is 8.36. The van der Waals surface area contributed by atoms with Gasteiger partial charge >= 0.3 is 0 Å². The molecule has 2 aromatic rings. The van der Waals surface area contributed by atoms with E-state index in [2.05, 4.69) is 9.97 Å². The normalized spacial score (nSPS) is 28.3. The summed E-state index contributed by atoms with van der Waals surface area (Å²) < 4.78 is 6.22. The molecule has 160 valence electrons. The van der Waals surface area contributed by atoms with Crippen LogP contribution in [0.2, 0.25) is 0 Å². The smallest absolute Gasteiger partial charge is 0.234 e. The van der Waals surface area contributed by atoms with Crippen LogP contribution in [-0.2, 0) is 27.3 Å². The number of carbonyl (C=O) groups excluding carboxylic acids is 2. The van der Waals surface area contributed by atoms with Crippen LogP contribution in [0.25, 0.3) is 0 Å². The first-order valence-electron chi connectivity index (χ1n) is 10.4. The molecule has 4 atom stereocenters. The molecule has 1 aromatic carbocycles. The average Bonchev–Trinajstić information content (AvgIpc) is 3.43. The molecular formula is C23H24N4O4. The fourth-order valence-corrected chi connectivity index (χ4v) is 4.96. The Bertz CT molecular complexity index is 1030. The number of ether oxygens (including phenoxy) is 1. The summed E-state index contributed by atoms with van der Waals surface area (Å²) in [5.41, 5.74) is 1.76. The average molecular weight is 420 g/mol. The molecule has 5 rings (SSSR count). The van der Waals surface area contributed by atoms with Gasteiger partial charge in [-0.3, -0.25) is 9.59 Å². The molecule has 8 heteroatoms. The van der Waals surface area contributed by atoms with Gasteiger partial charge in [-0.05, 0) is 30.2 Å². The van der Waals surface area contributed by atoms with Gasteiger partial charge in [0.25, 0.3) is 0 Å². The largest absolute Gasteiger partial charge is 0.396 e. The summed E-state index contributed by atoms with van der Waals surface area (Å²) in [4.78, 5) is 38.2. The molecule has 1 N–H and O–H groups in total. The number of aliphatic hydroxyl groups is 1. The highest BCUT2D eigenvalue weighted by atomic mass is 16.5. The number of carbonyl (C=O) groups is 2. The predicted octanol–water partition coefficient (Wildman–Crippen LogP) is 0.956. The van der Waals surface area contributed by atoms with E-state index in [0.717, 1.165) is 16.9 Å². The number of aliphatic hydroxyl groups excluding tert-OH is 1. The van der Waals surface area contributed by atoms with Crippen molar-refractivity contribution in [3.8, 4) is 0 Å². The third kappa shape index (κ3) is 3.23. The van der Waals surface area contributed by atoms with E-state index >= 15 is 0 Å². The first-order valence-corrected chi connectivity index (χ1v) is 10.4. The minimum absolute atomic E-state index is 0.0829. The number of nitrogens with zero attached hydrogens (tertiary/aromatic N) is 4. The maximum Gasteiger partial charge on any atom is 0.234 e. The fourth-order valence-electron chi connectivity index (χ4n) is 4.96. The van der Waals surface area contributed by atoms with Crippen molar-refractivity contribution in [3.05, 3.63) is 66.3 Å². The van der Waals surface area contributed by atoms with Crippen molar-refractivity contribution in [2.24, 2.45) is 11.8 Å². The highest BCUT2D eigenvalue weighted by Crippen LogP contribution is 2.53. The Kier molecular flexibility index (Phi) is 4.83. The van der Waals surface area contributed by atoms with E-state index in [1.165, 1.54) is 6.33 Å². The number of rotatable bonds is 6. The molecular weight excluding hydrogens is 396 g/mol. The van der Waals surface area contributed by atoms with Crippen LogP contribution in [0.5, 0.6) is 0 Å². The molecule has 2 bridgehead atoms. The Morgan fingerprint density at radius 3 is 2.84 bits per heavy atom. The lowest BCUT2D eigenvalue weighted by Crippen LogP contribution is -2.44. The van der Waals surface area contributed by atoms with Gasteiger partial charge in [0.1, 0.15) is 11.9 Å². The van der Waals surface area contributed by atoms with Crippen LogP contribution in [0.15, 0.2) is 55.0 Å². The number of benzene rings is 1. The quantitative estimate of drug-likeness (QED) is 0.700. The van der Waals surface area contributed by atoms with Gasteiger partial charge in [-0.1, -0.05) is 24.3 Å². The molecule has 2 saturated heterocycles. The summed E-state index contributed by atoms with van der Waals surface area (Å²) in [6.07, 6.45) is 7.15. The Morgan fingerprint density at radius 2 is 2.13 bits per heavy atom. The van der Waals surface area contributed by atoms with E-state index in [1.807, 2.05) is 36.4 Å². The Labute approximate surface area is 180 Å². The van der Waals surface area contributed by atoms with Crippen LogP contribution in [0.1, 0.15) is 11.3 Å². The monoisotopic (exact) mass is 420 g/mol. The lowest BCUT2D eigenvalue weighted by atomic mass is 9.76. The molecule has 3 aliphatic heterocycles. The molecule has 1 spiro atoms. The van der Waals surface area contributed by atoms with E-state index in [1.54, 1.807) is 29.1 Å². The third-order valence-corrected chi connectivity index (χ3v) is 6.45. The third-order valence-electron chi connectivity index (χ3n) is 6.45. The van der Waals surface area contributed by atoms with E-state index in [4.69, 9.17) is 9.84 Å². The van der Waals surface area contributed by atoms with Crippen molar-refractivity contribution in [2.75, 3.05) is 25.1 Å². The summed E-state index contributed by atoms with van der Waals surface area (Å²) >= 11 is 0. The zero-order valence-corrected chi connectivity index (χ0v) is 17.2. The molecule has 0 radical (unpaired) electrons. The van der Waals surface area contributed by atoms with Gasteiger partial charge < -0.3 is 19.6 Å². The van der Waals surface area contributed by atoms with Crippen LogP contribution < -0.4 is 4.90 Å². The summed E-state index contributed by atoms with van der Waals surface area (Å²) in [5, 5.41) is 9.11. The summed E-state index contributed by atoms with van der Waals surface area (Å²) in [6.45, 7) is 0.819. The first kappa shape index (κ1) is 19.8. The summed E-state index contributed by atoms with van der Waals surface area (Å²) in [5.74, 6) is -1.30. The lowest BCUT2D eigenvalue weighted by molar-refractivity contribution is -0.139. The van der Waals surface area contributed by atoms with E-state index in [0.29, 0.717) is 19.5 Å². The number of fused-ring (bicyclic) bond motifs is 1. The predicted molar refractivity (Wildman–Crippen MR) is 112 cm³/mol. The van der Waals surface area contributed by atoms with Crippen LogP contribution >= 0.6 is 0 Å². The van der Waals surface area contributed by atoms with Crippen LogP contribution in [-0.4, -0.2) is 63.7 Å². The Morgan fingerprint density at radius 1 is 1.32 bits per heavy atom. The van der Waals surface area contributed by atoms with E-state index < -0.39 is 17.4 Å². The number of amides is 2. The zero-order valence-electron chi connectivity index (χ0n) is 17.2. The molecule has 2 amide bonds. The van der Waals surface area contributed by atoms with Gasteiger partial charge in [0.2, 0.25) is 11.8 Å². The molecule has 31 heavy (non-hydrogen) atoms. The van der Waals surface area contributed by atoms with Crippen molar-refractivity contribution >= 4 is 17.5 Å². The summed E-state index contributed by atoms with van der Waals surface area (Å²) in [7, 11) is 1.73. The molecule has 3 aliphatic rings. The zero-order chi connectivity index (χ0) is 21.6. The van der Waals surface area contributed by atoms with Gasteiger partial charge in [0, 0.05) is 25.5 Å². The van der Waals surface area contributed by atoms with Crippen LogP contribution in [0, 0.1) is 11.8 Å². The lowest BCUT2D eigenvalue weighted by Gasteiger charge is -2.27. The Balaban J connectivity index is 1.38. The molecule has 8 nitrogen and oxygen atoms in total. The van der Waals surface area contributed by atoms with Crippen LogP contribution in [0.3, 0.4) is 0 Å². The highest BCUT2D eigenvalue weighted by Gasteiger charge is 2.67. The first-order chi connectivity index (χ1) is 15.0. The molecule has 0 unspecified atom stereocenters. The van der Waals surface area contributed by atoms with Gasteiger partial charge in [-0.25, -0.2) is 9.97 Å². The minimum atomic E-state index is -0.762. The van der Waals surface area contributed by atoms with Gasteiger partial charge in [0.15, 0.2) is 0 Å². The van der Waals surface area contributed by atoms with Crippen LogP contribution in [0.4, 0.5) is 5.69 Å². The Hall–Kier alpha value is -3.10. The second kappa shape index (κ2) is 7.55. The molecule has 0 aliphatic carbocycles. The van der Waals surface area contributed by atoms with Gasteiger partial charge in [-0.15, -0.1) is 0 Å². The SMILES string of the molecule is CN(Cc1ccncn1)C(=O)[C@H]1[C@@H]2C=C[C@@]3(CN(c4ccc(CCO)cc4)C(=O)[C@@H]13)O2. The number of hydrogen-bond acceptors (Lipinski definition) is 6. The maximum absolute atomic E-state index is 13.5. The topological polar surface area (TPSA) is 95.9 Å². The fraction of sp³-hybridized carbons (Fsp3) is 0.391. The molecule has 1 aromatic heterocycles. The number of anilines is 1. The van der Waals surface area contributed by atoms with Crippen molar-refractivity contribution in [2.45, 2.75) is 24.7 Å². The molecule has 4 heterocycles. The van der Waals surface area contributed by atoms with Gasteiger partial charge in [0.05, 0.1) is 36.7 Å². The van der Waals surface area contributed by atoms with Gasteiger partial charge in [-0.2, -0.15) is 0 Å². The van der Waals surface area contributed by atoms with Crippen molar-refractivity contribution in [1.29, 1.82) is 0 Å². The summed E-state index contributed by atoms with van der Waals surface area (Å²) in [6, 6.07) is 9.36. The van der Waals surface area contributed by atoms with E-state index in [9.17, 15) is 9.59 Å². The van der Waals surface area contributed by atoms with Crippen molar-refractivity contribution in [1.82, 2.24) is 14.9 Å². The number of hydrogen-bond donors (Lipinski definition) is 1. The van der Waals surface area contributed by atoms with E-state index in [-0.39, 0.29) is 24.5 Å². The van der Waals surface area contributed by atoms with Crippen molar-refractivity contribution in [3.63, 3.8) is 0 Å². The second-order valence-corrected chi connectivity index (χ2v) is 8.36. The standard InChI is InChI=1S/C23H24N4O4/c1-26(12-16-7-10-24-14-25-16)21(29)19-18-6-9-23(31-18)13-27(22(30)20(19)23)17-4-2-15(3-5-17)8-11-28/h2-7,9-10,14,18-20,28H,8,11-13H2,1H3/t18-,19-,20+,23-/m0/s1. The number of aromatic nitrogens is 2. The molecule has 2 fully saturated rings. The minimum Gasteiger partial charge on any atom is -0.396 e. The van der Waals surface area contributed by atoms with Crippen molar-refractivity contribution < 1.29 is 19.4 Å².